The zero-order valence-electron chi connectivity index (χ0n) is 27.2. The van der Waals surface area contributed by atoms with Crippen LogP contribution >= 0.6 is 0 Å². The Balaban J connectivity index is 1.71. The Labute approximate surface area is 266 Å². The lowest BCUT2D eigenvalue weighted by atomic mass is 10.0. The number of aliphatic imine (C=N–C) groups is 1. The lowest BCUT2D eigenvalue weighted by Gasteiger charge is -2.04. The molecule has 234 valence electrons. The summed E-state index contributed by atoms with van der Waals surface area (Å²) >= 11 is 0. The molecule has 0 aliphatic heterocycles. The average Bonchev–Trinajstić information content (AvgIpc) is 3.03. The Bertz CT molecular complexity index is 1320. The van der Waals surface area contributed by atoms with Gasteiger partial charge in [0, 0.05) is 31.9 Å². The molecule has 44 heavy (non-hydrogen) atoms. The highest BCUT2D eigenvalue weighted by Crippen LogP contribution is 2.14. The maximum atomic E-state index is 12.7. The van der Waals surface area contributed by atoms with E-state index in [0.717, 1.165) is 42.4 Å². The average molecular weight is 594 g/mol. The first kappa shape index (κ1) is 36.4. The summed E-state index contributed by atoms with van der Waals surface area (Å²) in [5, 5.41) is 0. The van der Waals surface area contributed by atoms with Crippen LogP contribution in [0.4, 0.5) is 0 Å². The van der Waals surface area contributed by atoms with Gasteiger partial charge in [-0.25, -0.2) is 0 Å². The van der Waals surface area contributed by atoms with E-state index in [-0.39, 0.29) is 17.3 Å². The number of benzene rings is 2. The van der Waals surface area contributed by atoms with E-state index >= 15 is 0 Å². The van der Waals surface area contributed by atoms with Crippen molar-refractivity contribution in [1.82, 2.24) is 0 Å². The number of Topliss-reactive ketones (excluding diaryl/α,β-unsaturated/α-hetero) is 2. The van der Waals surface area contributed by atoms with Gasteiger partial charge >= 0.3 is 0 Å². The third kappa shape index (κ3) is 16.1. The molecule has 0 fully saturated rings. The Morgan fingerprint density at radius 1 is 0.750 bits per heavy atom. The van der Waals surface area contributed by atoms with Crippen molar-refractivity contribution >= 4 is 23.1 Å². The first-order chi connectivity index (χ1) is 21.4. The second-order valence-electron chi connectivity index (χ2n) is 11.4. The summed E-state index contributed by atoms with van der Waals surface area (Å²) in [5.41, 5.74) is 4.33. The van der Waals surface area contributed by atoms with E-state index in [2.05, 4.69) is 35.9 Å². The normalized spacial score (nSPS) is 11.6. The van der Waals surface area contributed by atoms with Gasteiger partial charge in [0.05, 0.1) is 5.71 Å². The summed E-state index contributed by atoms with van der Waals surface area (Å²) in [6, 6.07) is 15.4. The van der Waals surface area contributed by atoms with Crippen molar-refractivity contribution < 1.29 is 14.4 Å². The van der Waals surface area contributed by atoms with Gasteiger partial charge in [-0.15, -0.1) is 0 Å². The van der Waals surface area contributed by atoms with Crippen LogP contribution in [-0.2, 0) is 22.4 Å². The van der Waals surface area contributed by atoms with Crippen LogP contribution in [0.2, 0.25) is 0 Å². The van der Waals surface area contributed by atoms with Gasteiger partial charge in [-0.1, -0.05) is 112 Å². The topological polar surface area (TPSA) is 63.6 Å². The number of carbonyl (C=O) groups is 3. The van der Waals surface area contributed by atoms with E-state index in [0.29, 0.717) is 37.0 Å². The van der Waals surface area contributed by atoms with Crippen molar-refractivity contribution in [3.63, 3.8) is 0 Å². The summed E-state index contributed by atoms with van der Waals surface area (Å²) < 4.78 is 0. The van der Waals surface area contributed by atoms with E-state index in [1.165, 1.54) is 51.0 Å². The molecule has 0 amide bonds. The number of unbranched alkanes of at least 4 members (excludes halogenated alkanes) is 9. The molecule has 0 unspecified atom stereocenters. The quantitative estimate of drug-likeness (QED) is 0.0275. The van der Waals surface area contributed by atoms with Crippen LogP contribution in [0, 0.1) is 11.8 Å². The standard InChI is InChI=1S/C40H51NO3/c1-4-5-6-7-8-9-10-11-12-13-14-15-16-23-40(44)37-28-26-36(27-29-37)39(41-3)31-30-38(43)22-18-21-34-19-17-20-35(32-34)25-24-33(2)42/h10-11,17,19-20,26-32H,4-9,12-16,21,23-25H2,1-3H3/b11-10-,31-30-,41-39?. The molecule has 0 heterocycles. The number of allylic oxidation sites excluding steroid dienone is 4. The minimum absolute atomic E-state index is 0.167. The summed E-state index contributed by atoms with van der Waals surface area (Å²) in [7, 11) is 1.68. The molecule has 4 heteroatoms. The summed E-state index contributed by atoms with van der Waals surface area (Å²) in [6.07, 6.45) is 23.4. The smallest absolute Gasteiger partial charge is 0.228 e. The SMILES string of the molecule is CCCCCCC/C=C\CCCCCCC(=O)c1ccc(C(/C=C\C(=O)C#CCc2cccc(CCC(C)=O)c2)=NC)cc1. The van der Waals surface area contributed by atoms with Gasteiger partial charge in [-0.2, -0.15) is 0 Å². The van der Waals surface area contributed by atoms with Gasteiger partial charge in [0.1, 0.15) is 5.78 Å². The molecule has 0 aliphatic rings. The number of carbonyl (C=O) groups excluding carboxylic acids is 3. The Morgan fingerprint density at radius 2 is 1.39 bits per heavy atom. The predicted octanol–water partition coefficient (Wildman–Crippen LogP) is 9.44. The van der Waals surface area contributed by atoms with Gasteiger partial charge in [-0.3, -0.25) is 14.6 Å². The first-order valence-electron chi connectivity index (χ1n) is 16.5. The van der Waals surface area contributed by atoms with Crippen LogP contribution < -0.4 is 0 Å². The zero-order chi connectivity index (χ0) is 31.8. The molecular formula is C40H51NO3. The molecule has 0 bridgehead atoms. The van der Waals surface area contributed by atoms with Crippen molar-refractivity contribution in [2.24, 2.45) is 4.99 Å². The van der Waals surface area contributed by atoms with Gasteiger partial charge in [-0.05, 0) is 80.2 Å². The van der Waals surface area contributed by atoms with Crippen LogP contribution in [0.5, 0.6) is 0 Å². The van der Waals surface area contributed by atoms with Crippen molar-refractivity contribution in [1.29, 1.82) is 0 Å². The second-order valence-corrected chi connectivity index (χ2v) is 11.4. The molecule has 0 saturated carbocycles. The highest BCUT2D eigenvalue weighted by atomic mass is 16.1. The molecule has 0 atom stereocenters. The van der Waals surface area contributed by atoms with E-state index in [1.54, 1.807) is 20.0 Å². The van der Waals surface area contributed by atoms with Crippen molar-refractivity contribution in [2.75, 3.05) is 7.05 Å². The van der Waals surface area contributed by atoms with Crippen LogP contribution in [0.25, 0.3) is 0 Å². The maximum Gasteiger partial charge on any atom is 0.228 e. The number of hydrogen-bond acceptors (Lipinski definition) is 4. The number of rotatable bonds is 21. The van der Waals surface area contributed by atoms with E-state index in [4.69, 9.17) is 0 Å². The fourth-order valence-electron chi connectivity index (χ4n) is 4.92. The van der Waals surface area contributed by atoms with Crippen LogP contribution in [0.1, 0.15) is 124 Å². The van der Waals surface area contributed by atoms with E-state index < -0.39 is 0 Å². The summed E-state index contributed by atoms with van der Waals surface area (Å²) in [5.74, 6) is 5.66. The maximum absolute atomic E-state index is 12.7. The van der Waals surface area contributed by atoms with Crippen LogP contribution in [-0.4, -0.2) is 30.1 Å². The molecule has 0 aromatic heterocycles. The molecule has 2 rings (SSSR count). The third-order valence-electron chi connectivity index (χ3n) is 7.56. The molecule has 2 aromatic rings. The first-order valence-corrected chi connectivity index (χ1v) is 16.5. The highest BCUT2D eigenvalue weighted by Gasteiger charge is 2.07. The Kier molecular flexibility index (Phi) is 18.7. The van der Waals surface area contributed by atoms with Crippen LogP contribution in [0.15, 0.2) is 77.8 Å². The zero-order valence-corrected chi connectivity index (χ0v) is 27.2. The molecular weight excluding hydrogens is 542 g/mol. The molecule has 4 nitrogen and oxygen atoms in total. The Morgan fingerprint density at radius 3 is 2.05 bits per heavy atom. The fourth-order valence-corrected chi connectivity index (χ4v) is 4.92. The monoisotopic (exact) mass is 593 g/mol. The summed E-state index contributed by atoms with van der Waals surface area (Å²) in [4.78, 5) is 40.5. The van der Waals surface area contributed by atoms with E-state index in [9.17, 15) is 14.4 Å². The molecule has 0 N–H and O–H groups in total. The minimum Gasteiger partial charge on any atom is -0.300 e. The lowest BCUT2D eigenvalue weighted by molar-refractivity contribution is -0.117. The fraction of sp³-hybridized carbons (Fsp3) is 0.450. The lowest BCUT2D eigenvalue weighted by Crippen LogP contribution is -2.02. The van der Waals surface area contributed by atoms with Gasteiger partial charge in [0.15, 0.2) is 5.78 Å². The van der Waals surface area contributed by atoms with Crippen LogP contribution in [0.3, 0.4) is 0 Å². The van der Waals surface area contributed by atoms with Crippen molar-refractivity contribution in [3.8, 4) is 11.8 Å². The number of aryl methyl sites for hydroxylation is 1. The Hall–Kier alpha value is -3.84. The van der Waals surface area contributed by atoms with Gasteiger partial charge in [0.25, 0.3) is 0 Å². The number of hydrogen-bond donors (Lipinski definition) is 0. The molecule has 0 radical (unpaired) electrons. The molecule has 0 saturated heterocycles. The molecule has 2 aromatic carbocycles. The highest BCUT2D eigenvalue weighted by molar-refractivity contribution is 6.14. The predicted molar refractivity (Wildman–Crippen MR) is 185 cm³/mol. The van der Waals surface area contributed by atoms with E-state index in [1.807, 2.05) is 48.5 Å². The summed E-state index contributed by atoms with van der Waals surface area (Å²) in [6.45, 7) is 3.85. The van der Waals surface area contributed by atoms with Gasteiger partial charge < -0.3 is 4.79 Å². The molecule has 0 aliphatic carbocycles. The van der Waals surface area contributed by atoms with Crippen molar-refractivity contribution in [3.05, 3.63) is 95.1 Å². The largest absolute Gasteiger partial charge is 0.300 e. The molecule has 0 spiro atoms. The van der Waals surface area contributed by atoms with Gasteiger partial charge in [0.2, 0.25) is 5.78 Å². The second kappa shape index (κ2) is 22.7. The number of nitrogens with zero attached hydrogens (tertiary/aromatic N) is 1. The third-order valence-corrected chi connectivity index (χ3v) is 7.56. The number of ketones is 3. The van der Waals surface area contributed by atoms with Crippen molar-refractivity contribution in [2.45, 2.75) is 110 Å². The minimum atomic E-state index is -0.292.